The van der Waals surface area contributed by atoms with Crippen molar-refractivity contribution in [3.63, 3.8) is 0 Å². The van der Waals surface area contributed by atoms with E-state index in [4.69, 9.17) is 0 Å². The molecular formula is C17H28N4OS. The number of piperidine rings is 1. The standard InChI is InChI=1S/C17H28N4OS/c1-2-23(22)15-8-6-7-14(11-15)20-16-12-17(19-13-18-16)21-9-4-3-5-10-21/h12-15H,2-11H2,1H3,(H,18,19,20). The number of aromatic nitrogens is 2. The van der Waals surface area contributed by atoms with Gasteiger partial charge in [-0.15, -0.1) is 0 Å². The molecule has 128 valence electrons. The summed E-state index contributed by atoms with van der Waals surface area (Å²) < 4.78 is 12.1. The van der Waals surface area contributed by atoms with Crippen molar-refractivity contribution < 1.29 is 4.21 Å². The third kappa shape index (κ3) is 4.43. The summed E-state index contributed by atoms with van der Waals surface area (Å²) in [4.78, 5) is 11.2. The van der Waals surface area contributed by atoms with Crippen molar-refractivity contribution in [2.24, 2.45) is 0 Å². The molecule has 6 heteroatoms. The molecule has 0 aromatic carbocycles. The van der Waals surface area contributed by atoms with E-state index in [1.807, 2.05) is 6.92 Å². The Bertz CT molecular complexity index is 533. The quantitative estimate of drug-likeness (QED) is 0.896. The first kappa shape index (κ1) is 16.7. The Morgan fingerprint density at radius 2 is 2.04 bits per heavy atom. The highest BCUT2D eigenvalue weighted by molar-refractivity contribution is 7.85. The van der Waals surface area contributed by atoms with Crippen LogP contribution in [0.3, 0.4) is 0 Å². The highest BCUT2D eigenvalue weighted by Crippen LogP contribution is 2.26. The lowest BCUT2D eigenvalue weighted by Crippen LogP contribution is -2.33. The van der Waals surface area contributed by atoms with Crippen LogP contribution in [0, 0.1) is 0 Å². The topological polar surface area (TPSA) is 58.1 Å². The van der Waals surface area contributed by atoms with Crippen LogP contribution in [-0.2, 0) is 10.8 Å². The van der Waals surface area contributed by atoms with Gasteiger partial charge in [-0.25, -0.2) is 9.97 Å². The predicted octanol–water partition coefficient (Wildman–Crippen LogP) is 2.96. The SMILES string of the molecule is CCS(=O)C1CCCC(Nc2cc(N3CCCCC3)ncn2)C1. The molecule has 1 saturated carbocycles. The molecule has 1 aromatic rings. The molecule has 3 atom stereocenters. The summed E-state index contributed by atoms with van der Waals surface area (Å²) >= 11 is 0. The summed E-state index contributed by atoms with van der Waals surface area (Å²) in [5, 5.41) is 3.90. The normalized spacial score (nSPS) is 26.7. The van der Waals surface area contributed by atoms with Gasteiger partial charge in [0.1, 0.15) is 18.0 Å². The fraction of sp³-hybridized carbons (Fsp3) is 0.765. The molecule has 3 rings (SSSR count). The molecule has 3 unspecified atom stereocenters. The maximum absolute atomic E-state index is 12.1. The molecule has 23 heavy (non-hydrogen) atoms. The second kappa shape index (κ2) is 8.08. The number of nitrogens with one attached hydrogen (secondary N) is 1. The van der Waals surface area contributed by atoms with Crippen molar-refractivity contribution in [2.75, 3.05) is 29.1 Å². The van der Waals surface area contributed by atoms with Crippen LogP contribution >= 0.6 is 0 Å². The van der Waals surface area contributed by atoms with E-state index in [1.165, 1.54) is 19.3 Å². The summed E-state index contributed by atoms with van der Waals surface area (Å²) in [6.45, 7) is 4.21. The largest absolute Gasteiger partial charge is 0.367 e. The van der Waals surface area contributed by atoms with Gasteiger partial charge in [-0.05, 0) is 38.5 Å². The molecule has 0 amide bonds. The number of rotatable bonds is 5. The van der Waals surface area contributed by atoms with Crippen LogP contribution in [0.2, 0.25) is 0 Å². The minimum atomic E-state index is -0.681. The Morgan fingerprint density at radius 3 is 2.83 bits per heavy atom. The van der Waals surface area contributed by atoms with Crippen molar-refractivity contribution in [3.8, 4) is 0 Å². The van der Waals surface area contributed by atoms with Crippen LogP contribution < -0.4 is 10.2 Å². The Balaban J connectivity index is 1.62. The Hall–Kier alpha value is -1.17. The molecule has 1 saturated heterocycles. The minimum absolute atomic E-state index is 0.342. The summed E-state index contributed by atoms with van der Waals surface area (Å²) in [6.07, 6.45) is 9.87. The van der Waals surface area contributed by atoms with Gasteiger partial charge in [-0.2, -0.15) is 0 Å². The van der Waals surface area contributed by atoms with Crippen molar-refractivity contribution >= 4 is 22.4 Å². The van der Waals surface area contributed by atoms with Crippen LogP contribution in [0.25, 0.3) is 0 Å². The zero-order valence-electron chi connectivity index (χ0n) is 14.0. The summed E-state index contributed by atoms with van der Waals surface area (Å²) in [7, 11) is -0.681. The fourth-order valence-electron chi connectivity index (χ4n) is 3.68. The van der Waals surface area contributed by atoms with E-state index in [9.17, 15) is 4.21 Å². The lowest BCUT2D eigenvalue weighted by atomic mass is 9.95. The van der Waals surface area contributed by atoms with E-state index < -0.39 is 10.8 Å². The van der Waals surface area contributed by atoms with Crippen LogP contribution in [0.4, 0.5) is 11.6 Å². The van der Waals surface area contributed by atoms with Gasteiger partial charge in [0, 0.05) is 47.0 Å². The first-order valence-corrected chi connectivity index (χ1v) is 10.3. The Labute approximate surface area is 141 Å². The van der Waals surface area contributed by atoms with E-state index in [-0.39, 0.29) is 0 Å². The van der Waals surface area contributed by atoms with Gasteiger partial charge in [-0.1, -0.05) is 13.3 Å². The molecule has 0 radical (unpaired) electrons. The third-order valence-electron chi connectivity index (χ3n) is 4.97. The molecule has 2 fully saturated rings. The number of hydrogen-bond donors (Lipinski definition) is 1. The Morgan fingerprint density at radius 1 is 1.22 bits per heavy atom. The molecule has 1 N–H and O–H groups in total. The second-order valence-corrected chi connectivity index (χ2v) is 8.61. The summed E-state index contributed by atoms with van der Waals surface area (Å²) in [6, 6.07) is 2.46. The highest BCUT2D eigenvalue weighted by atomic mass is 32.2. The molecule has 1 aliphatic carbocycles. The fourth-order valence-corrected chi connectivity index (χ4v) is 5.03. The van der Waals surface area contributed by atoms with E-state index in [2.05, 4.69) is 26.3 Å². The third-order valence-corrected chi connectivity index (χ3v) is 6.71. The summed E-state index contributed by atoms with van der Waals surface area (Å²) in [5.41, 5.74) is 0. The monoisotopic (exact) mass is 336 g/mol. The van der Waals surface area contributed by atoms with Crippen LogP contribution in [0.15, 0.2) is 12.4 Å². The van der Waals surface area contributed by atoms with E-state index in [1.54, 1.807) is 6.33 Å². The summed E-state index contributed by atoms with van der Waals surface area (Å²) in [5.74, 6) is 2.71. The minimum Gasteiger partial charge on any atom is -0.367 e. The van der Waals surface area contributed by atoms with Crippen molar-refractivity contribution in [3.05, 3.63) is 12.4 Å². The number of nitrogens with zero attached hydrogens (tertiary/aromatic N) is 3. The van der Waals surface area contributed by atoms with Gasteiger partial charge >= 0.3 is 0 Å². The van der Waals surface area contributed by atoms with Gasteiger partial charge < -0.3 is 10.2 Å². The molecule has 5 nitrogen and oxygen atoms in total. The van der Waals surface area contributed by atoms with Crippen LogP contribution in [0.1, 0.15) is 51.9 Å². The van der Waals surface area contributed by atoms with Gasteiger partial charge in [-0.3, -0.25) is 4.21 Å². The van der Waals surface area contributed by atoms with Gasteiger partial charge in [0.25, 0.3) is 0 Å². The van der Waals surface area contributed by atoms with Crippen molar-refractivity contribution in [2.45, 2.75) is 63.2 Å². The van der Waals surface area contributed by atoms with E-state index in [0.717, 1.165) is 56.2 Å². The highest BCUT2D eigenvalue weighted by Gasteiger charge is 2.25. The molecule has 2 heterocycles. The van der Waals surface area contributed by atoms with Gasteiger partial charge in [0.15, 0.2) is 0 Å². The maximum Gasteiger partial charge on any atom is 0.134 e. The lowest BCUT2D eigenvalue weighted by Gasteiger charge is -2.30. The smallest absolute Gasteiger partial charge is 0.134 e. The molecular weight excluding hydrogens is 308 g/mol. The predicted molar refractivity (Wildman–Crippen MR) is 96.4 cm³/mol. The average Bonchev–Trinajstić information content (AvgIpc) is 2.62. The average molecular weight is 337 g/mol. The zero-order chi connectivity index (χ0) is 16.1. The van der Waals surface area contributed by atoms with E-state index >= 15 is 0 Å². The van der Waals surface area contributed by atoms with Crippen molar-refractivity contribution in [1.29, 1.82) is 0 Å². The second-order valence-electron chi connectivity index (χ2n) is 6.61. The number of hydrogen-bond acceptors (Lipinski definition) is 5. The molecule has 2 aliphatic rings. The lowest BCUT2D eigenvalue weighted by molar-refractivity contribution is 0.464. The van der Waals surface area contributed by atoms with Gasteiger partial charge in [0.05, 0.1) is 0 Å². The molecule has 1 aliphatic heterocycles. The Kier molecular flexibility index (Phi) is 5.86. The first-order valence-electron chi connectivity index (χ1n) is 8.97. The van der Waals surface area contributed by atoms with E-state index in [0.29, 0.717) is 11.3 Å². The molecule has 0 spiro atoms. The zero-order valence-corrected chi connectivity index (χ0v) is 14.9. The van der Waals surface area contributed by atoms with Gasteiger partial charge in [0.2, 0.25) is 0 Å². The molecule has 0 bridgehead atoms. The number of anilines is 2. The molecule has 1 aromatic heterocycles. The van der Waals surface area contributed by atoms with Crippen molar-refractivity contribution in [1.82, 2.24) is 9.97 Å². The van der Waals surface area contributed by atoms with Crippen LogP contribution in [-0.4, -0.2) is 44.3 Å². The maximum atomic E-state index is 12.1. The van der Waals surface area contributed by atoms with Crippen LogP contribution in [0.5, 0.6) is 0 Å². The first-order chi connectivity index (χ1) is 11.3.